The first-order valence-corrected chi connectivity index (χ1v) is 9.11. The molecule has 126 valence electrons. The van der Waals surface area contributed by atoms with Gasteiger partial charge in [0.2, 0.25) is 5.91 Å². The number of aryl methyl sites for hydroxylation is 1. The highest BCUT2D eigenvalue weighted by Gasteiger charge is 2.42. The Hall–Kier alpha value is -2.09. The Morgan fingerprint density at radius 3 is 2.25 bits per heavy atom. The molecule has 1 aliphatic carbocycles. The van der Waals surface area contributed by atoms with Crippen LogP contribution in [0.5, 0.6) is 0 Å². The van der Waals surface area contributed by atoms with Crippen molar-refractivity contribution in [2.24, 2.45) is 0 Å². The topological polar surface area (TPSA) is 29.1 Å². The van der Waals surface area contributed by atoms with Crippen LogP contribution in [0.1, 0.15) is 62.3 Å². The fourth-order valence-electron chi connectivity index (χ4n) is 3.84. The van der Waals surface area contributed by atoms with Crippen LogP contribution in [-0.2, 0) is 16.6 Å². The van der Waals surface area contributed by atoms with Gasteiger partial charge < -0.3 is 5.32 Å². The third-order valence-electron chi connectivity index (χ3n) is 5.45. The molecule has 0 saturated heterocycles. The van der Waals surface area contributed by atoms with E-state index in [0.29, 0.717) is 0 Å². The van der Waals surface area contributed by atoms with E-state index in [-0.39, 0.29) is 17.4 Å². The maximum absolute atomic E-state index is 13.2. The minimum atomic E-state index is -0.348. The van der Waals surface area contributed by atoms with Gasteiger partial charge in [0.15, 0.2) is 0 Å². The maximum Gasteiger partial charge on any atom is 0.231 e. The largest absolute Gasteiger partial charge is 0.349 e. The molecule has 0 aromatic heterocycles. The predicted octanol–water partition coefficient (Wildman–Crippen LogP) is 4.94. The summed E-state index contributed by atoms with van der Waals surface area (Å²) >= 11 is 0. The zero-order valence-electron chi connectivity index (χ0n) is 14.7. The fourth-order valence-corrected chi connectivity index (χ4v) is 3.84. The van der Waals surface area contributed by atoms with E-state index in [1.165, 1.54) is 11.1 Å². The molecule has 3 rings (SSSR count). The highest BCUT2D eigenvalue weighted by molar-refractivity contribution is 5.88. The number of hydrogen-bond acceptors (Lipinski definition) is 1. The zero-order valence-corrected chi connectivity index (χ0v) is 14.7. The van der Waals surface area contributed by atoms with E-state index >= 15 is 0 Å². The Bertz CT molecular complexity index is 669. The van der Waals surface area contributed by atoms with Gasteiger partial charge in [-0.05, 0) is 42.9 Å². The van der Waals surface area contributed by atoms with Gasteiger partial charge in [-0.1, -0.05) is 74.4 Å². The summed E-state index contributed by atoms with van der Waals surface area (Å²) in [5.74, 6) is 0.179. The Morgan fingerprint density at radius 1 is 1.04 bits per heavy atom. The molecular weight excluding hydrogens is 294 g/mol. The average Bonchev–Trinajstić information content (AvgIpc) is 3.13. The molecule has 0 heterocycles. The van der Waals surface area contributed by atoms with Gasteiger partial charge in [-0.15, -0.1) is 0 Å². The third-order valence-corrected chi connectivity index (χ3v) is 5.45. The average molecular weight is 321 g/mol. The lowest BCUT2D eigenvalue weighted by molar-refractivity contribution is -0.127. The molecule has 1 saturated carbocycles. The van der Waals surface area contributed by atoms with Gasteiger partial charge >= 0.3 is 0 Å². The smallest absolute Gasteiger partial charge is 0.231 e. The van der Waals surface area contributed by atoms with E-state index < -0.39 is 0 Å². The first kappa shape index (κ1) is 16.8. The van der Waals surface area contributed by atoms with Gasteiger partial charge in [-0.25, -0.2) is 0 Å². The second kappa shape index (κ2) is 7.21. The number of benzene rings is 2. The van der Waals surface area contributed by atoms with Crippen molar-refractivity contribution >= 4 is 5.91 Å². The molecule has 2 aromatic rings. The van der Waals surface area contributed by atoms with Crippen LogP contribution in [0, 0.1) is 0 Å². The van der Waals surface area contributed by atoms with Crippen LogP contribution in [0.4, 0.5) is 0 Å². The van der Waals surface area contributed by atoms with Crippen molar-refractivity contribution < 1.29 is 4.79 Å². The monoisotopic (exact) mass is 321 g/mol. The van der Waals surface area contributed by atoms with Crippen molar-refractivity contribution in [1.82, 2.24) is 5.32 Å². The van der Waals surface area contributed by atoms with Gasteiger partial charge in [0, 0.05) is 0 Å². The summed E-state index contributed by atoms with van der Waals surface area (Å²) in [7, 11) is 0. The van der Waals surface area contributed by atoms with Crippen molar-refractivity contribution in [3.8, 4) is 0 Å². The van der Waals surface area contributed by atoms with Crippen LogP contribution in [0.3, 0.4) is 0 Å². The van der Waals surface area contributed by atoms with Crippen molar-refractivity contribution in [2.45, 2.75) is 57.4 Å². The van der Waals surface area contributed by atoms with E-state index in [0.717, 1.165) is 37.7 Å². The molecule has 1 N–H and O–H groups in total. The Labute approximate surface area is 145 Å². The SMILES string of the molecule is CCc1ccc([C@@H](C)NC(=O)C2(c3ccccc3)CCCC2)cc1. The molecule has 0 bridgehead atoms. The first-order valence-electron chi connectivity index (χ1n) is 9.11. The number of carbonyl (C=O) groups excluding carboxylic acids is 1. The quantitative estimate of drug-likeness (QED) is 0.830. The van der Waals surface area contributed by atoms with E-state index in [2.05, 4.69) is 55.6 Å². The number of hydrogen-bond donors (Lipinski definition) is 1. The summed E-state index contributed by atoms with van der Waals surface area (Å²) in [6, 6.07) is 18.9. The molecule has 0 spiro atoms. The normalized spacial score (nSPS) is 17.4. The Balaban J connectivity index is 1.78. The van der Waals surface area contributed by atoms with Crippen LogP contribution >= 0.6 is 0 Å². The van der Waals surface area contributed by atoms with E-state index in [1.54, 1.807) is 0 Å². The summed E-state index contributed by atoms with van der Waals surface area (Å²) in [4.78, 5) is 13.2. The van der Waals surface area contributed by atoms with Crippen LogP contribution in [-0.4, -0.2) is 5.91 Å². The highest BCUT2D eigenvalue weighted by atomic mass is 16.2. The number of carbonyl (C=O) groups is 1. The molecule has 1 amide bonds. The Kier molecular flexibility index (Phi) is 5.03. The molecular formula is C22H27NO. The molecule has 2 aromatic carbocycles. The van der Waals surface area contributed by atoms with Crippen LogP contribution in [0.15, 0.2) is 54.6 Å². The summed E-state index contributed by atoms with van der Waals surface area (Å²) in [5, 5.41) is 3.28. The van der Waals surface area contributed by atoms with E-state index in [9.17, 15) is 4.79 Å². The molecule has 1 fully saturated rings. The third kappa shape index (κ3) is 3.24. The lowest BCUT2D eigenvalue weighted by Crippen LogP contribution is -2.43. The first-order chi connectivity index (χ1) is 11.7. The fraction of sp³-hybridized carbons (Fsp3) is 0.409. The van der Waals surface area contributed by atoms with E-state index in [1.807, 2.05) is 18.2 Å². The molecule has 0 radical (unpaired) electrons. The molecule has 0 aliphatic heterocycles. The van der Waals surface area contributed by atoms with Gasteiger partial charge in [-0.3, -0.25) is 4.79 Å². The van der Waals surface area contributed by atoms with Gasteiger partial charge in [-0.2, -0.15) is 0 Å². The lowest BCUT2D eigenvalue weighted by Gasteiger charge is -2.30. The van der Waals surface area contributed by atoms with Crippen molar-refractivity contribution in [3.63, 3.8) is 0 Å². The van der Waals surface area contributed by atoms with Gasteiger partial charge in [0.25, 0.3) is 0 Å². The highest BCUT2D eigenvalue weighted by Crippen LogP contribution is 2.41. The van der Waals surface area contributed by atoms with Crippen molar-refractivity contribution in [1.29, 1.82) is 0 Å². The summed E-state index contributed by atoms with van der Waals surface area (Å²) in [6.45, 7) is 4.23. The molecule has 2 nitrogen and oxygen atoms in total. The summed E-state index contributed by atoms with van der Waals surface area (Å²) in [6.07, 6.45) is 5.19. The lowest BCUT2D eigenvalue weighted by atomic mass is 9.77. The molecule has 1 aliphatic rings. The van der Waals surface area contributed by atoms with Crippen LogP contribution in [0.25, 0.3) is 0 Å². The van der Waals surface area contributed by atoms with Crippen molar-refractivity contribution in [3.05, 3.63) is 71.3 Å². The molecule has 0 unspecified atom stereocenters. The summed E-state index contributed by atoms with van der Waals surface area (Å²) in [5.41, 5.74) is 3.31. The van der Waals surface area contributed by atoms with Gasteiger partial charge in [0.05, 0.1) is 11.5 Å². The second-order valence-corrected chi connectivity index (χ2v) is 6.95. The van der Waals surface area contributed by atoms with Gasteiger partial charge in [0.1, 0.15) is 0 Å². The predicted molar refractivity (Wildman–Crippen MR) is 99.0 cm³/mol. The number of nitrogens with one attached hydrogen (secondary N) is 1. The van der Waals surface area contributed by atoms with Crippen LogP contribution < -0.4 is 5.32 Å². The standard InChI is InChI=1S/C22H27NO/c1-3-18-11-13-19(14-12-18)17(2)23-21(24)22(15-7-8-16-22)20-9-5-4-6-10-20/h4-6,9-14,17H,3,7-8,15-16H2,1-2H3,(H,23,24)/t17-/m1/s1. The van der Waals surface area contributed by atoms with Crippen LogP contribution in [0.2, 0.25) is 0 Å². The van der Waals surface area contributed by atoms with E-state index in [4.69, 9.17) is 0 Å². The maximum atomic E-state index is 13.2. The zero-order chi connectivity index (χ0) is 17.0. The number of amides is 1. The van der Waals surface area contributed by atoms with Crippen molar-refractivity contribution in [2.75, 3.05) is 0 Å². The summed E-state index contributed by atoms with van der Waals surface area (Å²) < 4.78 is 0. The molecule has 24 heavy (non-hydrogen) atoms. The Morgan fingerprint density at radius 2 is 1.67 bits per heavy atom. The molecule has 2 heteroatoms. The molecule has 1 atom stereocenters. The minimum Gasteiger partial charge on any atom is -0.349 e. The minimum absolute atomic E-state index is 0.0320. The number of rotatable bonds is 5. The second-order valence-electron chi connectivity index (χ2n) is 6.95.